The van der Waals surface area contributed by atoms with Crippen LogP contribution in [0, 0.1) is 0 Å². The Balaban J connectivity index is -0.0000000566. The summed E-state index contributed by atoms with van der Waals surface area (Å²) in [6.45, 7) is 3.16. The molecule has 0 spiro atoms. The van der Waals surface area contributed by atoms with Gasteiger partial charge in [0.2, 0.25) is 0 Å². The van der Waals surface area contributed by atoms with Crippen molar-refractivity contribution in [1.82, 2.24) is 0 Å². The number of carbonyl (C=O) groups is 3. The second-order valence-electron chi connectivity index (χ2n) is 2.18. The molecule has 1 atom stereocenters. The Morgan fingerprint density at radius 1 is 1.44 bits per heavy atom. The van der Waals surface area contributed by atoms with Gasteiger partial charge < -0.3 is 22.9 Å². The molecule has 0 amide bonds. The number of methoxy groups -OCH3 is 1. The zero-order valence-electron chi connectivity index (χ0n) is 10.8. The van der Waals surface area contributed by atoms with E-state index < -0.39 is 30.4 Å². The molecule has 0 aliphatic heterocycles. The van der Waals surface area contributed by atoms with Gasteiger partial charge in [0.05, 0.1) is 13.5 Å². The Labute approximate surface area is 125 Å². The molecule has 0 saturated heterocycles. The zero-order chi connectivity index (χ0) is 12.4. The van der Waals surface area contributed by atoms with Gasteiger partial charge in [0.1, 0.15) is 0 Å². The Hall–Kier alpha value is -0.630. The number of carboxylic acid groups (broad SMARTS) is 2. The summed E-state index contributed by atoms with van der Waals surface area (Å²) in [5.74, 6) is -3.24. The molecule has 0 heterocycles. The Bertz CT molecular complexity index is 260. The summed E-state index contributed by atoms with van der Waals surface area (Å²) in [4.78, 5) is 29.3. The number of aliphatic hydroxyl groups excluding tert-OH is 1. The minimum Gasteiger partial charge on any atom is -1.00 e. The average molecular weight is 262 g/mol. The molecule has 0 saturated carbocycles. The molecule has 0 aromatic heterocycles. The van der Waals surface area contributed by atoms with Gasteiger partial charge in [-0.2, -0.15) is 0 Å². The minimum absolute atomic E-state index is 0. The molecule has 0 rings (SSSR count). The maximum atomic E-state index is 9.84. The molecular weight excluding hydrogens is 248 g/mol. The van der Waals surface area contributed by atoms with Crippen molar-refractivity contribution in [3.63, 3.8) is 0 Å². The number of aliphatic hydroxyl groups is 1. The number of rotatable bonds is 4. The van der Waals surface area contributed by atoms with Crippen LogP contribution >= 0.6 is 0 Å². The van der Waals surface area contributed by atoms with Gasteiger partial charge >= 0.3 is 55.6 Å². The van der Waals surface area contributed by atoms with Crippen LogP contribution in [-0.2, 0) is 19.1 Å². The first-order valence-corrected chi connectivity index (χ1v) is 3.68. The predicted molar refractivity (Wildman–Crippen MR) is 56.1 cm³/mol. The summed E-state index contributed by atoms with van der Waals surface area (Å²) in [5, 5.41) is 24.1. The van der Waals surface area contributed by atoms with Crippen LogP contribution in [0.25, 0.3) is 0 Å². The number of ether oxygens (including phenoxy) is 1. The summed E-state index contributed by atoms with van der Waals surface area (Å²) in [5.41, 5.74) is 0. The normalized spacial score (nSPS) is 9.62. The second-order valence-corrected chi connectivity index (χ2v) is 2.18. The average Bonchev–Trinajstić information content (AvgIpc) is 2.16. The number of aliphatic carboxylic acids is 2. The molecule has 0 fully saturated rings. The first-order valence-electron chi connectivity index (χ1n) is 3.68. The Morgan fingerprint density at radius 3 is 1.94 bits per heavy atom. The third-order valence-electron chi connectivity index (χ3n) is 1.02. The van der Waals surface area contributed by atoms with Gasteiger partial charge in [-0.3, -0.25) is 4.79 Å². The van der Waals surface area contributed by atoms with Crippen LogP contribution in [0.3, 0.4) is 0 Å². The van der Waals surface area contributed by atoms with E-state index in [0.29, 0.717) is 0 Å². The van der Waals surface area contributed by atoms with E-state index in [1.807, 2.05) is 0 Å². The quantitative estimate of drug-likeness (QED) is 0.341. The van der Waals surface area contributed by atoms with Crippen molar-refractivity contribution >= 4 is 55.6 Å². The smallest absolute Gasteiger partial charge is 1.00 e. The van der Waals surface area contributed by atoms with Gasteiger partial charge in [-0.1, -0.05) is 6.58 Å². The van der Waals surface area contributed by atoms with Crippen molar-refractivity contribution in [2.45, 2.75) is 12.5 Å². The molecule has 16 heavy (non-hydrogen) atoms. The predicted octanol–water partition coefficient (Wildman–Crippen LogP) is -0.904. The van der Waals surface area contributed by atoms with Crippen LogP contribution in [0.2, 0.25) is 0 Å². The summed E-state index contributed by atoms with van der Waals surface area (Å²) in [6, 6.07) is 0. The number of esters is 1. The van der Waals surface area contributed by atoms with E-state index in [1.54, 1.807) is 0 Å². The molecule has 7 nitrogen and oxygen atoms in total. The van der Waals surface area contributed by atoms with Crippen LogP contribution < -0.4 is 0 Å². The van der Waals surface area contributed by atoms with Crippen LogP contribution in [0.15, 0.2) is 12.7 Å². The molecule has 8 heteroatoms. The largest absolute Gasteiger partial charge is 2.00 e. The van der Waals surface area contributed by atoms with E-state index in [1.165, 1.54) is 7.11 Å². The first-order chi connectivity index (χ1) is 6.84. The second kappa shape index (κ2) is 12.4. The monoisotopic (exact) mass is 262 g/mol. The van der Waals surface area contributed by atoms with Crippen LogP contribution in [0.5, 0.6) is 0 Å². The molecule has 90 valence electrons. The van der Waals surface area contributed by atoms with Gasteiger partial charge in [0.25, 0.3) is 0 Å². The van der Waals surface area contributed by atoms with Crippen molar-refractivity contribution in [1.29, 1.82) is 0 Å². The fourth-order valence-corrected chi connectivity index (χ4v) is 0.336. The molecule has 1 unspecified atom stereocenters. The molecule has 0 bridgehead atoms. The molecular formula is C8H14CaO7. The maximum Gasteiger partial charge on any atom is 2.00 e. The van der Waals surface area contributed by atoms with Crippen molar-refractivity contribution in [3.05, 3.63) is 12.7 Å². The summed E-state index contributed by atoms with van der Waals surface area (Å²) in [6.07, 6.45) is -1.43. The summed E-state index contributed by atoms with van der Waals surface area (Å²) >= 11 is 0. The van der Waals surface area contributed by atoms with Gasteiger partial charge in [-0.15, -0.1) is 0 Å². The maximum absolute atomic E-state index is 9.84. The third kappa shape index (κ3) is 15.8. The summed E-state index contributed by atoms with van der Waals surface area (Å²) < 4.78 is 4.14. The van der Waals surface area contributed by atoms with Crippen LogP contribution in [-0.4, -0.2) is 84.2 Å². The fourth-order valence-electron chi connectivity index (χ4n) is 0.336. The first kappa shape index (κ1) is 20.7. The molecule has 0 radical (unpaired) electrons. The fraction of sp³-hybridized carbons (Fsp3) is 0.375. The van der Waals surface area contributed by atoms with Crippen molar-refractivity contribution in [2.24, 2.45) is 0 Å². The van der Waals surface area contributed by atoms with E-state index in [9.17, 15) is 14.4 Å². The van der Waals surface area contributed by atoms with Crippen LogP contribution in [0.1, 0.15) is 9.27 Å². The molecule has 0 aliphatic rings. The van der Waals surface area contributed by atoms with E-state index in [-0.39, 0.29) is 40.6 Å². The third-order valence-corrected chi connectivity index (χ3v) is 1.02. The standard InChI is InChI=1S/C4H6O5.C4H6O2.Ca.2H/c5-2(4(8)9)1-3(6)7;1-3-4(5)6-2;;;/h2,5H,1H2,(H,6,7)(H,8,9);3H,1H2,2H3;;;/q;;+2;2*-1. The van der Waals surface area contributed by atoms with Crippen molar-refractivity contribution in [3.8, 4) is 0 Å². The van der Waals surface area contributed by atoms with Gasteiger partial charge in [-0.25, -0.2) is 9.59 Å². The molecule has 0 aromatic rings. The van der Waals surface area contributed by atoms with E-state index in [0.717, 1.165) is 6.08 Å². The molecule has 3 N–H and O–H groups in total. The number of carbonyl (C=O) groups excluding carboxylic acids is 1. The van der Waals surface area contributed by atoms with E-state index in [2.05, 4.69) is 11.3 Å². The molecule has 0 aromatic carbocycles. The Morgan fingerprint density at radius 2 is 1.88 bits per heavy atom. The van der Waals surface area contributed by atoms with Crippen LogP contribution in [0.4, 0.5) is 0 Å². The zero-order valence-corrected chi connectivity index (χ0v) is 11.0. The number of carboxylic acids is 2. The SMILES string of the molecule is C=CC(=O)OC.O=C(O)CC(O)C(=O)O.[Ca+2].[H-].[H-]. The minimum atomic E-state index is -1.79. The van der Waals surface area contributed by atoms with Gasteiger partial charge in [-0.05, 0) is 0 Å². The van der Waals surface area contributed by atoms with Gasteiger partial charge in [0.15, 0.2) is 6.10 Å². The van der Waals surface area contributed by atoms with Gasteiger partial charge in [0, 0.05) is 6.08 Å². The number of hydrogen-bond acceptors (Lipinski definition) is 5. The summed E-state index contributed by atoms with van der Waals surface area (Å²) in [7, 11) is 1.31. The molecule has 0 aliphatic carbocycles. The van der Waals surface area contributed by atoms with Crippen molar-refractivity contribution in [2.75, 3.05) is 7.11 Å². The van der Waals surface area contributed by atoms with E-state index >= 15 is 0 Å². The van der Waals surface area contributed by atoms with E-state index in [4.69, 9.17) is 15.3 Å². The Kier molecular flexibility index (Phi) is 16.1. The van der Waals surface area contributed by atoms with Crippen molar-refractivity contribution < 1.29 is 37.3 Å². The number of hydrogen-bond donors (Lipinski definition) is 3. The topological polar surface area (TPSA) is 121 Å².